The van der Waals surface area contributed by atoms with Crippen molar-refractivity contribution in [3.05, 3.63) is 75.5 Å². The fourth-order valence-electron chi connectivity index (χ4n) is 4.44. The van der Waals surface area contributed by atoms with Crippen molar-refractivity contribution >= 4 is 35.1 Å². The quantitative estimate of drug-likeness (QED) is 0.292. The highest BCUT2D eigenvalue weighted by Crippen LogP contribution is 2.46. The van der Waals surface area contributed by atoms with E-state index in [-0.39, 0.29) is 23.8 Å². The van der Waals surface area contributed by atoms with Crippen molar-refractivity contribution in [2.45, 2.75) is 32.9 Å². The molecule has 0 atom stereocenters. The Balaban J connectivity index is 1.79. The minimum atomic E-state index is -1.08. The Hall–Kier alpha value is -4.08. The number of hydrogen-bond acceptors (Lipinski definition) is 6. The minimum absolute atomic E-state index is 0.0819. The van der Waals surface area contributed by atoms with E-state index in [4.69, 9.17) is 37.8 Å². The molecule has 0 spiro atoms. The van der Waals surface area contributed by atoms with E-state index < -0.39 is 11.5 Å². The summed E-state index contributed by atoms with van der Waals surface area (Å²) in [4.78, 5) is 31.4. The molecule has 4 aromatic rings. The average molecular weight is 581 g/mol. The molecule has 206 valence electrons. The standard InChI is InChI=1S/C29H26Cl2N4O5/c1-29(2,3)34(4)27(36)25-21-14-40-24-13-23(39-5)19(22-8-15(28(37)38)6-7-32-22)12-20(24)26(21)35(33-25)18-10-16(30)9-17(31)11-18/h6-13H,14H2,1-5H3,(H,37,38). The highest BCUT2D eigenvalue weighted by atomic mass is 35.5. The molecule has 5 rings (SSSR count). The first kappa shape index (κ1) is 27.5. The monoisotopic (exact) mass is 580 g/mol. The normalized spacial score (nSPS) is 12.3. The molecule has 1 N–H and O–H groups in total. The van der Waals surface area contributed by atoms with Crippen LogP contribution in [0.3, 0.4) is 0 Å². The summed E-state index contributed by atoms with van der Waals surface area (Å²) in [7, 11) is 3.24. The molecule has 2 aromatic carbocycles. The first-order valence-electron chi connectivity index (χ1n) is 12.3. The molecule has 9 nitrogen and oxygen atoms in total. The number of carboxylic acids is 1. The maximum Gasteiger partial charge on any atom is 0.335 e. The Labute approximate surface area is 240 Å². The van der Waals surface area contributed by atoms with Gasteiger partial charge in [-0.15, -0.1) is 0 Å². The van der Waals surface area contributed by atoms with Crippen LogP contribution in [0, 0.1) is 0 Å². The van der Waals surface area contributed by atoms with Crippen LogP contribution in [0.2, 0.25) is 10.0 Å². The summed E-state index contributed by atoms with van der Waals surface area (Å²) in [6.45, 7) is 5.90. The minimum Gasteiger partial charge on any atom is -0.496 e. The number of hydrogen-bond donors (Lipinski definition) is 1. The van der Waals surface area contributed by atoms with Gasteiger partial charge in [0.05, 0.1) is 29.7 Å². The predicted molar refractivity (Wildman–Crippen MR) is 152 cm³/mol. The lowest BCUT2D eigenvalue weighted by atomic mass is 9.96. The number of methoxy groups -OCH3 is 1. The Kier molecular flexibility index (Phi) is 6.97. The van der Waals surface area contributed by atoms with E-state index in [2.05, 4.69) is 4.98 Å². The van der Waals surface area contributed by atoms with E-state index >= 15 is 0 Å². The third kappa shape index (κ3) is 4.87. The van der Waals surface area contributed by atoms with Crippen LogP contribution in [0.1, 0.15) is 47.2 Å². The van der Waals surface area contributed by atoms with Crippen molar-refractivity contribution in [1.29, 1.82) is 0 Å². The summed E-state index contributed by atoms with van der Waals surface area (Å²) < 4.78 is 13.4. The lowest BCUT2D eigenvalue weighted by Crippen LogP contribution is -2.43. The number of aromatic carboxylic acids is 1. The number of ether oxygens (including phenoxy) is 2. The molecule has 0 saturated carbocycles. The molecular formula is C29H26Cl2N4O5. The van der Waals surface area contributed by atoms with E-state index in [1.54, 1.807) is 47.0 Å². The number of fused-ring (bicyclic) bond motifs is 3. The van der Waals surface area contributed by atoms with Gasteiger partial charge in [-0.05, 0) is 57.2 Å². The maximum absolute atomic E-state index is 13.7. The number of halogens is 2. The van der Waals surface area contributed by atoms with Gasteiger partial charge in [0.2, 0.25) is 0 Å². The number of carbonyl (C=O) groups is 2. The van der Waals surface area contributed by atoms with Gasteiger partial charge in [0.15, 0.2) is 5.69 Å². The number of pyridine rings is 1. The van der Waals surface area contributed by atoms with Gasteiger partial charge in [0.1, 0.15) is 18.1 Å². The van der Waals surface area contributed by atoms with Crippen LogP contribution < -0.4 is 9.47 Å². The van der Waals surface area contributed by atoms with E-state index in [9.17, 15) is 14.7 Å². The van der Waals surface area contributed by atoms with Crippen LogP contribution in [0.15, 0.2) is 48.7 Å². The topological polar surface area (TPSA) is 107 Å². The average Bonchev–Trinajstić information content (AvgIpc) is 3.30. The van der Waals surface area contributed by atoms with Crippen molar-refractivity contribution in [3.8, 4) is 39.7 Å². The summed E-state index contributed by atoms with van der Waals surface area (Å²) in [5.74, 6) is -0.404. The van der Waals surface area contributed by atoms with Crippen molar-refractivity contribution in [2.75, 3.05) is 14.2 Å². The molecule has 11 heteroatoms. The van der Waals surface area contributed by atoms with Gasteiger partial charge in [0, 0.05) is 51.6 Å². The number of nitrogens with zero attached hydrogens (tertiary/aromatic N) is 4. The summed E-state index contributed by atoms with van der Waals surface area (Å²) >= 11 is 12.7. The first-order valence-corrected chi connectivity index (χ1v) is 13.1. The Bertz CT molecular complexity index is 1660. The molecule has 1 amide bonds. The van der Waals surface area contributed by atoms with Gasteiger partial charge in [-0.25, -0.2) is 9.48 Å². The number of amides is 1. The van der Waals surface area contributed by atoms with Crippen LogP contribution in [-0.4, -0.2) is 56.3 Å². The zero-order valence-electron chi connectivity index (χ0n) is 22.5. The molecular weight excluding hydrogens is 555 g/mol. The lowest BCUT2D eigenvalue weighted by molar-refractivity contribution is 0.0644. The maximum atomic E-state index is 13.7. The fourth-order valence-corrected chi connectivity index (χ4v) is 4.96. The molecule has 0 unspecified atom stereocenters. The predicted octanol–water partition coefficient (Wildman–Crippen LogP) is 6.38. The van der Waals surface area contributed by atoms with Crippen molar-refractivity contribution in [1.82, 2.24) is 19.7 Å². The van der Waals surface area contributed by atoms with Crippen molar-refractivity contribution in [3.63, 3.8) is 0 Å². The van der Waals surface area contributed by atoms with E-state index in [1.165, 1.54) is 25.4 Å². The Morgan fingerprint density at radius 1 is 1.07 bits per heavy atom. The number of benzene rings is 2. The van der Waals surface area contributed by atoms with Crippen LogP contribution in [0.5, 0.6) is 11.5 Å². The third-order valence-corrected chi connectivity index (χ3v) is 7.24. The van der Waals surface area contributed by atoms with Crippen LogP contribution in [-0.2, 0) is 6.61 Å². The molecule has 3 heterocycles. The highest BCUT2D eigenvalue weighted by molar-refractivity contribution is 6.34. The van der Waals surface area contributed by atoms with Crippen LogP contribution in [0.25, 0.3) is 28.2 Å². The second-order valence-corrected chi connectivity index (χ2v) is 11.2. The fraction of sp³-hybridized carbons (Fsp3) is 0.241. The van der Waals surface area contributed by atoms with E-state index in [1.807, 2.05) is 20.8 Å². The van der Waals surface area contributed by atoms with Gasteiger partial charge < -0.3 is 19.5 Å². The number of aromatic nitrogens is 3. The first-order chi connectivity index (χ1) is 18.9. The summed E-state index contributed by atoms with van der Waals surface area (Å²) in [5.41, 5.74) is 3.17. The third-order valence-electron chi connectivity index (χ3n) is 6.80. The SMILES string of the molecule is COc1cc2c(cc1-c1cc(C(=O)O)ccn1)-c1c(c(C(=O)N(C)C(C)(C)C)nn1-c1cc(Cl)cc(Cl)c1)CO2. The van der Waals surface area contributed by atoms with E-state index in [0.717, 1.165) is 0 Å². The van der Waals surface area contributed by atoms with Crippen LogP contribution in [0.4, 0.5) is 0 Å². The van der Waals surface area contributed by atoms with Crippen molar-refractivity contribution < 1.29 is 24.2 Å². The van der Waals surface area contributed by atoms with Gasteiger partial charge >= 0.3 is 5.97 Å². The smallest absolute Gasteiger partial charge is 0.335 e. The lowest BCUT2D eigenvalue weighted by Gasteiger charge is -2.31. The summed E-state index contributed by atoms with van der Waals surface area (Å²) in [5, 5.41) is 15.1. The summed E-state index contributed by atoms with van der Waals surface area (Å²) in [6.07, 6.45) is 1.43. The number of rotatable bonds is 5. The molecule has 1 aliphatic heterocycles. The highest BCUT2D eigenvalue weighted by Gasteiger charge is 2.35. The number of carbonyl (C=O) groups excluding carboxylic acids is 1. The van der Waals surface area contributed by atoms with E-state index in [0.29, 0.717) is 55.3 Å². The second kappa shape index (κ2) is 10.1. The Morgan fingerprint density at radius 2 is 1.77 bits per heavy atom. The Morgan fingerprint density at radius 3 is 2.40 bits per heavy atom. The van der Waals surface area contributed by atoms with Gasteiger partial charge in [-0.1, -0.05) is 23.2 Å². The van der Waals surface area contributed by atoms with Gasteiger partial charge in [0.25, 0.3) is 5.91 Å². The van der Waals surface area contributed by atoms with Crippen LogP contribution >= 0.6 is 23.2 Å². The molecule has 0 saturated heterocycles. The molecule has 2 aromatic heterocycles. The molecule has 0 fully saturated rings. The number of carboxylic acid groups (broad SMARTS) is 1. The zero-order valence-corrected chi connectivity index (χ0v) is 24.0. The van der Waals surface area contributed by atoms with Gasteiger partial charge in [-0.3, -0.25) is 9.78 Å². The molecule has 1 aliphatic rings. The largest absolute Gasteiger partial charge is 0.496 e. The van der Waals surface area contributed by atoms with Crippen molar-refractivity contribution in [2.24, 2.45) is 0 Å². The molecule has 0 radical (unpaired) electrons. The second-order valence-electron chi connectivity index (χ2n) is 10.3. The molecule has 0 aliphatic carbocycles. The molecule has 40 heavy (non-hydrogen) atoms. The molecule has 0 bridgehead atoms. The summed E-state index contributed by atoms with van der Waals surface area (Å²) in [6, 6.07) is 11.4. The zero-order chi connectivity index (χ0) is 28.9. The van der Waals surface area contributed by atoms with Gasteiger partial charge in [-0.2, -0.15) is 5.10 Å².